The second-order valence-corrected chi connectivity index (χ2v) is 13.1. The number of aromatic hydroxyl groups is 1. The van der Waals surface area contributed by atoms with Crippen molar-refractivity contribution in [2.24, 2.45) is 0 Å². The Kier molecular flexibility index (Phi) is 7.81. The van der Waals surface area contributed by atoms with Crippen LogP contribution in [-0.4, -0.2) is 81.1 Å². The van der Waals surface area contributed by atoms with E-state index in [9.17, 15) is 29.7 Å². The lowest BCUT2D eigenvalue weighted by Crippen LogP contribution is -2.54. The molecule has 0 radical (unpaired) electrons. The number of benzene rings is 3. The van der Waals surface area contributed by atoms with Crippen LogP contribution in [0.1, 0.15) is 49.9 Å². The van der Waals surface area contributed by atoms with Gasteiger partial charge in [-0.05, 0) is 55.0 Å². The Morgan fingerprint density at radius 3 is 2.54 bits per heavy atom. The molecule has 2 aliphatic heterocycles. The molecule has 1 fully saturated rings. The SMILES string of the molecule is C[C@@H](O)[C@@]12O[C@]13c1cc(O)c4c(c1N[C@H]2C#C/C=C\C#C[C@H]3O)C(=O)c1ccc(CN(C)C(=O)OCCSc2ccccc2)cc1C4=O. The van der Waals surface area contributed by atoms with Gasteiger partial charge in [0.15, 0.2) is 28.9 Å². The van der Waals surface area contributed by atoms with Gasteiger partial charge in [0, 0.05) is 40.9 Å². The number of nitrogens with zero attached hydrogens (tertiary/aromatic N) is 1. The van der Waals surface area contributed by atoms with E-state index in [1.165, 1.54) is 42.2 Å². The van der Waals surface area contributed by atoms with Crippen molar-refractivity contribution in [3.8, 4) is 29.4 Å². The maximum Gasteiger partial charge on any atom is 0.409 e. The van der Waals surface area contributed by atoms with Crippen LogP contribution in [0.2, 0.25) is 0 Å². The number of ketones is 2. The molecule has 2 bridgehead atoms. The number of hydrogen-bond acceptors (Lipinski definition) is 10. The second kappa shape index (κ2) is 11.9. The van der Waals surface area contributed by atoms with Crippen molar-refractivity contribution in [2.45, 2.75) is 47.8 Å². The van der Waals surface area contributed by atoms with Crippen molar-refractivity contribution in [2.75, 3.05) is 24.7 Å². The highest BCUT2D eigenvalue weighted by atomic mass is 32.2. The predicted molar refractivity (Wildman–Crippen MR) is 177 cm³/mol. The van der Waals surface area contributed by atoms with Crippen LogP contribution in [0, 0.1) is 23.7 Å². The number of rotatable bonds is 7. The Balaban J connectivity index is 1.17. The molecular formula is C37H30N2O8S. The van der Waals surface area contributed by atoms with E-state index in [2.05, 4.69) is 29.0 Å². The summed E-state index contributed by atoms with van der Waals surface area (Å²) in [6, 6.07) is 14.9. The maximum absolute atomic E-state index is 14.2. The fraction of sp³-hybridized carbons (Fsp3) is 0.270. The van der Waals surface area contributed by atoms with Gasteiger partial charge in [-0.3, -0.25) is 9.59 Å². The lowest BCUT2D eigenvalue weighted by molar-refractivity contribution is 0.0867. The number of thioether (sulfide) groups is 1. The maximum atomic E-state index is 14.2. The van der Waals surface area contributed by atoms with E-state index in [1.54, 1.807) is 24.9 Å². The molecular weight excluding hydrogens is 632 g/mol. The molecule has 7 rings (SSSR count). The summed E-state index contributed by atoms with van der Waals surface area (Å²) in [5.41, 5.74) is -2.26. The van der Waals surface area contributed by atoms with E-state index >= 15 is 0 Å². The molecule has 0 unspecified atom stereocenters. The van der Waals surface area contributed by atoms with Gasteiger partial charge in [0.05, 0.1) is 22.9 Å². The summed E-state index contributed by atoms with van der Waals surface area (Å²) in [6.07, 6.45) is -0.164. The third kappa shape index (κ3) is 4.78. The summed E-state index contributed by atoms with van der Waals surface area (Å²) >= 11 is 1.57. The average Bonchev–Trinajstić information content (AvgIpc) is 3.81. The van der Waals surface area contributed by atoms with Crippen molar-refractivity contribution >= 4 is 35.1 Å². The van der Waals surface area contributed by atoms with Crippen molar-refractivity contribution in [3.05, 3.63) is 100 Å². The van der Waals surface area contributed by atoms with Gasteiger partial charge in [-0.25, -0.2) is 4.79 Å². The Labute approximate surface area is 280 Å². The largest absolute Gasteiger partial charge is 0.507 e. The number of anilines is 1. The van der Waals surface area contributed by atoms with E-state index < -0.39 is 52.9 Å². The first kappa shape index (κ1) is 31.6. The zero-order valence-electron chi connectivity index (χ0n) is 25.9. The first-order valence-electron chi connectivity index (χ1n) is 15.3. The fourth-order valence-electron chi connectivity index (χ4n) is 6.84. The number of aliphatic hydroxyl groups is 2. The summed E-state index contributed by atoms with van der Waals surface area (Å²) in [7, 11) is 1.58. The van der Waals surface area contributed by atoms with Crippen molar-refractivity contribution in [3.63, 3.8) is 0 Å². The van der Waals surface area contributed by atoms with Crippen LogP contribution in [0.4, 0.5) is 10.5 Å². The first-order chi connectivity index (χ1) is 23.1. The Morgan fingerprint density at radius 1 is 1.06 bits per heavy atom. The summed E-state index contributed by atoms with van der Waals surface area (Å²) < 4.78 is 11.6. The molecule has 10 nitrogen and oxygen atoms in total. The normalized spacial score (nSPS) is 25.2. The third-order valence-corrected chi connectivity index (χ3v) is 10.1. The van der Waals surface area contributed by atoms with Crippen LogP contribution in [0.3, 0.4) is 0 Å². The Bertz CT molecular complexity index is 2040. The molecule has 2 aliphatic carbocycles. The van der Waals surface area contributed by atoms with Crippen LogP contribution in [0.5, 0.6) is 5.75 Å². The number of nitrogens with one attached hydrogen (secondary N) is 1. The minimum Gasteiger partial charge on any atom is -0.507 e. The summed E-state index contributed by atoms with van der Waals surface area (Å²) in [6.45, 7) is 1.83. The van der Waals surface area contributed by atoms with Crippen molar-refractivity contribution < 1.29 is 39.2 Å². The van der Waals surface area contributed by atoms with Crippen LogP contribution in [0.25, 0.3) is 0 Å². The fourth-order valence-corrected chi connectivity index (χ4v) is 7.59. The third-order valence-electron chi connectivity index (χ3n) is 9.08. The molecule has 3 aromatic rings. The van der Waals surface area contributed by atoms with Crippen LogP contribution in [0.15, 0.2) is 71.6 Å². The molecule has 242 valence electrons. The van der Waals surface area contributed by atoms with Gasteiger partial charge in [-0.2, -0.15) is 0 Å². The number of fused-ring (bicyclic) bond motifs is 4. The van der Waals surface area contributed by atoms with Gasteiger partial charge in [-0.1, -0.05) is 47.9 Å². The number of phenolic OH excluding ortho intramolecular Hbond substituents is 1. The van der Waals surface area contributed by atoms with Gasteiger partial charge in [0.2, 0.25) is 0 Å². The topological polar surface area (TPSA) is 149 Å². The van der Waals surface area contributed by atoms with E-state index in [4.69, 9.17) is 9.47 Å². The number of ether oxygens (including phenoxy) is 2. The summed E-state index contributed by atoms with van der Waals surface area (Å²) in [5.74, 6) is 10.3. The van der Waals surface area contributed by atoms with Gasteiger partial charge in [-0.15, -0.1) is 11.8 Å². The lowest BCUT2D eigenvalue weighted by Gasteiger charge is -2.37. The highest BCUT2D eigenvalue weighted by Crippen LogP contribution is 2.67. The number of carbonyl (C=O) groups excluding carboxylic acids is 3. The zero-order chi connectivity index (χ0) is 33.8. The molecule has 3 aromatic carbocycles. The minimum atomic E-state index is -1.64. The van der Waals surface area contributed by atoms with E-state index in [0.29, 0.717) is 11.3 Å². The molecule has 11 heteroatoms. The highest BCUT2D eigenvalue weighted by molar-refractivity contribution is 7.99. The second-order valence-electron chi connectivity index (χ2n) is 11.9. The quantitative estimate of drug-likeness (QED) is 0.0761. The number of allylic oxidation sites excluding steroid dienone is 2. The molecule has 0 spiro atoms. The standard InChI is InChI=1S/C37H30N2O8S/c1-21(40)36-28-12-8-3-4-9-13-29(42)37(36,47-36)26-19-27(41)30-31(32(26)38-28)33(43)24-15-14-22(18-25(24)34(30)44)20-39(2)35(45)46-16-17-48-23-10-6-5-7-11-23/h3-7,10-11,14-15,18-19,21,28-29,38,40-42H,16-17,20H2,1-2H3/b4-3-/t21-,28+,29-,36+,37+/m1/s1. The monoisotopic (exact) mass is 662 g/mol. The zero-order valence-corrected chi connectivity index (χ0v) is 26.8. The Morgan fingerprint density at radius 2 is 1.79 bits per heavy atom. The molecule has 0 saturated carbocycles. The number of amides is 1. The molecule has 4 aliphatic rings. The Hall–Kier alpha value is -5.04. The van der Waals surface area contributed by atoms with Gasteiger partial charge >= 0.3 is 6.09 Å². The molecule has 1 saturated heterocycles. The molecule has 2 heterocycles. The van der Waals surface area contributed by atoms with Crippen molar-refractivity contribution in [1.29, 1.82) is 0 Å². The predicted octanol–water partition coefficient (Wildman–Crippen LogP) is 3.61. The number of hydrogen-bond donors (Lipinski definition) is 4. The van der Waals surface area contributed by atoms with Crippen LogP contribution >= 0.6 is 11.8 Å². The minimum absolute atomic E-state index is 0.0783. The summed E-state index contributed by atoms with van der Waals surface area (Å²) in [5, 5.41) is 36.8. The van der Waals surface area contributed by atoms with Gasteiger partial charge in [0.1, 0.15) is 18.4 Å². The molecule has 4 N–H and O–H groups in total. The van der Waals surface area contributed by atoms with E-state index in [-0.39, 0.29) is 46.7 Å². The number of aliphatic hydroxyl groups excluding tert-OH is 2. The molecule has 48 heavy (non-hydrogen) atoms. The average molecular weight is 663 g/mol. The molecule has 5 atom stereocenters. The first-order valence-corrected chi connectivity index (χ1v) is 16.3. The van der Waals surface area contributed by atoms with E-state index in [0.717, 1.165) is 4.90 Å². The lowest BCUT2D eigenvalue weighted by atomic mass is 9.69. The van der Waals surface area contributed by atoms with Crippen LogP contribution < -0.4 is 5.32 Å². The van der Waals surface area contributed by atoms with Gasteiger partial charge in [0.25, 0.3) is 0 Å². The number of carbonyl (C=O) groups is 3. The number of phenols is 1. The molecule has 1 amide bonds. The summed E-state index contributed by atoms with van der Waals surface area (Å²) in [4.78, 5) is 43.3. The van der Waals surface area contributed by atoms with E-state index in [1.807, 2.05) is 30.3 Å². The smallest absolute Gasteiger partial charge is 0.409 e. The molecule has 0 aromatic heterocycles. The van der Waals surface area contributed by atoms with Crippen molar-refractivity contribution in [1.82, 2.24) is 4.90 Å². The van der Waals surface area contributed by atoms with Gasteiger partial charge < -0.3 is 35.0 Å². The van der Waals surface area contributed by atoms with Crippen LogP contribution in [-0.2, 0) is 21.6 Å². The number of epoxide rings is 1. The highest BCUT2D eigenvalue weighted by Gasteiger charge is 2.82.